The monoisotopic (exact) mass is 468 g/mol. The number of carbonyl (C=O) groups excluding carboxylic acids is 1. The van der Waals surface area contributed by atoms with E-state index in [1.807, 2.05) is 6.92 Å². The third kappa shape index (κ3) is 5.69. The van der Waals surface area contributed by atoms with Gasteiger partial charge in [0.2, 0.25) is 0 Å². The molecular formula is C26H31FN3O4+. The Morgan fingerprint density at radius 1 is 1.24 bits per heavy atom. The van der Waals surface area contributed by atoms with Crippen LogP contribution < -0.4 is 4.74 Å². The smallest absolute Gasteiger partial charge is 0.282 e. The van der Waals surface area contributed by atoms with Gasteiger partial charge in [-0.15, -0.1) is 0 Å². The molecule has 0 spiro atoms. The Hall–Kier alpha value is -3.52. The quantitative estimate of drug-likeness (QED) is 0.264. The molecule has 1 amide bonds. The summed E-state index contributed by atoms with van der Waals surface area (Å²) in [4.78, 5) is 18.2. The van der Waals surface area contributed by atoms with Crippen molar-refractivity contribution < 1.29 is 23.8 Å². The van der Waals surface area contributed by atoms with Crippen LogP contribution in [0, 0.1) is 11.2 Å². The number of fused-ring (bicyclic) bond motifs is 1. The van der Waals surface area contributed by atoms with Crippen LogP contribution in [0.15, 0.2) is 53.2 Å². The van der Waals surface area contributed by atoms with Crippen LogP contribution in [0.5, 0.6) is 5.75 Å². The molecule has 0 bridgehead atoms. The highest BCUT2D eigenvalue weighted by molar-refractivity contribution is 6.18. The van der Waals surface area contributed by atoms with Crippen LogP contribution in [0.4, 0.5) is 4.39 Å². The fourth-order valence-electron chi connectivity index (χ4n) is 3.68. The van der Waals surface area contributed by atoms with Crippen molar-refractivity contribution in [1.82, 2.24) is 4.90 Å². The Morgan fingerprint density at radius 2 is 1.91 bits per heavy atom. The maximum atomic E-state index is 14.7. The Kier molecular flexibility index (Phi) is 8.17. The lowest BCUT2D eigenvalue weighted by molar-refractivity contribution is 0.0827. The molecule has 1 atom stereocenters. The van der Waals surface area contributed by atoms with E-state index in [4.69, 9.17) is 20.0 Å². The fraction of sp³-hybridized carbons (Fsp3) is 0.346. The normalized spacial score (nSPS) is 15.4. The molecule has 3 rings (SSSR count). The lowest BCUT2D eigenvalue weighted by Crippen LogP contribution is -2.23. The molecule has 0 aromatic heterocycles. The molecule has 34 heavy (non-hydrogen) atoms. The SMILES string of the molecule is CCC1Cc2cc(OCCOC)c(F)cc2C(/C([OH2+])=C/C(=N)c2ccc(C(=O)N(C)C)cc2)=N1. The summed E-state index contributed by atoms with van der Waals surface area (Å²) in [6, 6.07) is 9.66. The van der Waals surface area contributed by atoms with E-state index < -0.39 is 5.82 Å². The Labute approximate surface area is 199 Å². The minimum atomic E-state index is -0.526. The second kappa shape index (κ2) is 11.1. The van der Waals surface area contributed by atoms with Gasteiger partial charge in [0, 0.05) is 32.3 Å². The van der Waals surface area contributed by atoms with Gasteiger partial charge >= 0.3 is 0 Å². The number of hydrogen-bond acceptors (Lipinski definition) is 5. The third-order valence-electron chi connectivity index (χ3n) is 5.59. The predicted molar refractivity (Wildman–Crippen MR) is 131 cm³/mol. The van der Waals surface area contributed by atoms with E-state index in [1.54, 1.807) is 51.5 Å². The minimum Gasteiger partial charge on any atom is -0.592 e. The summed E-state index contributed by atoms with van der Waals surface area (Å²) < 4.78 is 25.2. The predicted octanol–water partition coefficient (Wildman–Crippen LogP) is 3.35. The molecule has 1 heterocycles. The van der Waals surface area contributed by atoms with Gasteiger partial charge in [-0.3, -0.25) is 15.2 Å². The van der Waals surface area contributed by atoms with Gasteiger partial charge in [-0.1, -0.05) is 19.1 Å². The summed E-state index contributed by atoms with van der Waals surface area (Å²) >= 11 is 0. The van der Waals surface area contributed by atoms with Crippen LogP contribution in [0.25, 0.3) is 0 Å². The largest absolute Gasteiger partial charge is 0.592 e. The van der Waals surface area contributed by atoms with Gasteiger partial charge < -0.3 is 19.5 Å². The van der Waals surface area contributed by atoms with Crippen LogP contribution in [0.3, 0.4) is 0 Å². The van der Waals surface area contributed by atoms with Gasteiger partial charge in [0.1, 0.15) is 6.61 Å². The van der Waals surface area contributed by atoms with E-state index in [0.717, 1.165) is 12.0 Å². The van der Waals surface area contributed by atoms with Gasteiger partial charge in [-0.05, 0) is 48.2 Å². The molecule has 0 fully saturated rings. The van der Waals surface area contributed by atoms with Crippen molar-refractivity contribution in [3.63, 3.8) is 0 Å². The number of nitrogens with one attached hydrogen (secondary N) is 1. The van der Waals surface area contributed by atoms with Crippen LogP contribution in [-0.4, -0.2) is 67.8 Å². The molecule has 8 heteroatoms. The van der Waals surface area contributed by atoms with E-state index in [0.29, 0.717) is 35.4 Å². The van der Waals surface area contributed by atoms with E-state index in [-0.39, 0.29) is 35.8 Å². The molecule has 1 aliphatic heterocycles. The van der Waals surface area contributed by atoms with E-state index in [2.05, 4.69) is 4.99 Å². The first-order chi connectivity index (χ1) is 16.2. The number of aliphatic imine (C=N–C) groups is 1. The van der Waals surface area contributed by atoms with Crippen molar-refractivity contribution in [2.75, 3.05) is 34.4 Å². The van der Waals surface area contributed by atoms with Gasteiger partial charge in [0.15, 0.2) is 17.3 Å². The highest BCUT2D eigenvalue weighted by Crippen LogP contribution is 2.30. The molecule has 3 N–H and O–H groups in total. The number of amides is 1. The maximum absolute atomic E-state index is 14.7. The van der Waals surface area contributed by atoms with Crippen LogP contribution in [0.1, 0.15) is 40.4 Å². The first-order valence-electron chi connectivity index (χ1n) is 11.1. The van der Waals surface area contributed by atoms with E-state index in [9.17, 15) is 9.18 Å². The van der Waals surface area contributed by atoms with Gasteiger partial charge in [-0.2, -0.15) is 0 Å². The number of halogens is 1. The summed E-state index contributed by atoms with van der Waals surface area (Å²) in [6.45, 7) is 2.61. The number of methoxy groups -OCH3 is 1. The number of benzene rings is 2. The molecule has 180 valence electrons. The molecule has 2 aromatic carbocycles. The van der Waals surface area contributed by atoms with Crippen molar-refractivity contribution in [2.45, 2.75) is 25.8 Å². The molecule has 0 saturated heterocycles. The summed E-state index contributed by atoms with van der Waals surface area (Å²) in [5.74, 6) is -0.462. The standard InChI is InChI=1S/C26H30FN3O4/c1-5-19-12-18-13-24(34-11-10-33-4)21(27)14-20(18)25(29-19)23(31)15-22(28)16-6-8-17(9-7-16)26(32)30(2)3/h6-9,13-15,19,28,31H,5,10-12H2,1-4H3/p+1/b23-15-,28-22?. The molecule has 1 unspecified atom stereocenters. The van der Waals surface area contributed by atoms with Gasteiger partial charge in [0.25, 0.3) is 11.7 Å². The first kappa shape index (κ1) is 25.1. The average molecular weight is 469 g/mol. The number of nitrogens with zero attached hydrogens (tertiary/aromatic N) is 2. The molecule has 1 aliphatic rings. The van der Waals surface area contributed by atoms with E-state index >= 15 is 0 Å². The zero-order valence-corrected chi connectivity index (χ0v) is 19.9. The summed E-state index contributed by atoms with van der Waals surface area (Å²) in [5, 5.41) is 17.1. The number of carbonyl (C=O) groups is 1. The second-order valence-electron chi connectivity index (χ2n) is 8.27. The summed E-state index contributed by atoms with van der Waals surface area (Å²) in [7, 11) is 4.91. The number of rotatable bonds is 9. The van der Waals surface area contributed by atoms with E-state index in [1.165, 1.54) is 17.0 Å². The van der Waals surface area contributed by atoms with Gasteiger partial charge in [0.05, 0.1) is 24.4 Å². The van der Waals surface area contributed by atoms with Crippen molar-refractivity contribution in [2.24, 2.45) is 4.99 Å². The van der Waals surface area contributed by atoms with Crippen molar-refractivity contribution in [3.8, 4) is 5.75 Å². The topological polar surface area (TPSA) is 97.9 Å². The Balaban J connectivity index is 1.89. The molecule has 0 aliphatic carbocycles. The lowest BCUT2D eigenvalue weighted by atomic mass is 9.91. The highest BCUT2D eigenvalue weighted by Gasteiger charge is 2.27. The van der Waals surface area contributed by atoms with Crippen LogP contribution >= 0.6 is 0 Å². The second-order valence-corrected chi connectivity index (χ2v) is 8.27. The minimum absolute atomic E-state index is 0.0327. The summed E-state index contributed by atoms with van der Waals surface area (Å²) in [6.07, 6.45) is 2.80. The third-order valence-corrected chi connectivity index (χ3v) is 5.59. The first-order valence-corrected chi connectivity index (χ1v) is 11.1. The molecule has 7 nitrogen and oxygen atoms in total. The molecular weight excluding hydrogens is 437 g/mol. The number of hydrogen-bond donors (Lipinski definition) is 1. The van der Waals surface area contributed by atoms with Crippen molar-refractivity contribution in [1.29, 1.82) is 5.41 Å². The fourth-order valence-corrected chi connectivity index (χ4v) is 3.68. The Morgan fingerprint density at radius 3 is 2.53 bits per heavy atom. The number of allylic oxidation sites excluding steroid dienone is 2. The number of ether oxygens (including phenoxy) is 2. The Bertz CT molecular complexity index is 1120. The van der Waals surface area contributed by atoms with Crippen molar-refractivity contribution in [3.05, 3.63) is 76.3 Å². The molecule has 0 saturated carbocycles. The van der Waals surface area contributed by atoms with Crippen molar-refractivity contribution >= 4 is 17.3 Å². The average Bonchev–Trinajstić information content (AvgIpc) is 2.83. The van der Waals surface area contributed by atoms with Gasteiger partial charge in [-0.25, -0.2) is 4.39 Å². The van der Waals surface area contributed by atoms with Crippen LogP contribution in [-0.2, 0) is 11.2 Å². The summed E-state index contributed by atoms with van der Waals surface area (Å²) in [5.41, 5.74) is 2.96. The maximum Gasteiger partial charge on any atom is 0.282 e. The lowest BCUT2D eigenvalue weighted by Gasteiger charge is -2.22. The zero-order chi connectivity index (χ0) is 24.8. The highest BCUT2D eigenvalue weighted by atomic mass is 19.1. The van der Waals surface area contributed by atoms with Crippen LogP contribution in [0.2, 0.25) is 0 Å². The zero-order valence-electron chi connectivity index (χ0n) is 19.9. The molecule has 2 aromatic rings. The molecule has 0 radical (unpaired) electrons.